The van der Waals surface area contributed by atoms with Crippen LogP contribution in [0.15, 0.2) is 58.3 Å². The van der Waals surface area contributed by atoms with Crippen LogP contribution in [-0.2, 0) is 9.59 Å². The molecule has 0 bridgehead atoms. The predicted octanol–water partition coefficient (Wildman–Crippen LogP) is 5.04. The molecule has 0 heterocycles. The molecule has 3 rings (SSSR count). The Morgan fingerprint density at radius 1 is 0.733 bits per heavy atom. The molecule has 1 aliphatic carbocycles. The van der Waals surface area contributed by atoms with Crippen LogP contribution in [-0.4, -0.2) is 25.5 Å². The Kier molecular flexibility index (Phi) is 6.00. The zero-order chi connectivity index (χ0) is 22.1. The Hall–Kier alpha value is -2.72. The Morgan fingerprint density at radius 2 is 1.07 bits per heavy atom. The highest BCUT2D eigenvalue weighted by molar-refractivity contribution is 8.20. The molecular weight excluding hydrogens is 428 g/mol. The maximum atomic E-state index is 13.2. The Balaban J connectivity index is 1.98. The number of thioether (sulfide) groups is 2. The van der Waals surface area contributed by atoms with Crippen LogP contribution in [0, 0.1) is 25.6 Å². The van der Waals surface area contributed by atoms with Gasteiger partial charge in [0.2, 0.25) is 0 Å². The van der Waals surface area contributed by atoms with Crippen LogP contribution in [0.5, 0.6) is 0 Å². The predicted molar refractivity (Wildman–Crippen MR) is 114 cm³/mol. The number of nitro groups is 2. The normalized spacial score (nSPS) is 17.5. The van der Waals surface area contributed by atoms with Gasteiger partial charge in [-0.1, -0.05) is 37.4 Å². The molecule has 0 N–H and O–H groups in total. The molecular formula is C20H18N2O6S2. The first-order valence-corrected chi connectivity index (χ1v) is 10.6. The number of hydrogen-bond acceptors (Lipinski definition) is 8. The van der Waals surface area contributed by atoms with E-state index in [-0.39, 0.29) is 35.8 Å². The average molecular weight is 447 g/mol. The van der Waals surface area contributed by atoms with Gasteiger partial charge in [0.05, 0.1) is 9.85 Å². The molecule has 0 aromatic heterocycles. The number of carbonyl (C=O) groups excluding carboxylic acids is 2. The van der Waals surface area contributed by atoms with Gasteiger partial charge in [-0.25, -0.2) is 0 Å². The van der Waals surface area contributed by atoms with Gasteiger partial charge in [0, 0.05) is 46.9 Å². The van der Waals surface area contributed by atoms with E-state index in [1.54, 1.807) is 0 Å². The van der Waals surface area contributed by atoms with Crippen molar-refractivity contribution in [2.75, 3.05) is 0 Å². The van der Waals surface area contributed by atoms with E-state index in [0.717, 1.165) is 23.5 Å². The van der Waals surface area contributed by atoms with Crippen LogP contribution in [0.2, 0.25) is 0 Å². The summed E-state index contributed by atoms with van der Waals surface area (Å²) in [6.07, 6.45) is 0.414. The van der Waals surface area contributed by atoms with E-state index in [2.05, 4.69) is 0 Å². The molecule has 0 spiro atoms. The smallest absolute Gasteiger partial charge is 0.269 e. The molecule has 2 aromatic carbocycles. The molecule has 2 aromatic rings. The van der Waals surface area contributed by atoms with Crippen molar-refractivity contribution in [3.05, 3.63) is 68.8 Å². The van der Waals surface area contributed by atoms with Crippen molar-refractivity contribution in [1.82, 2.24) is 0 Å². The molecule has 1 saturated carbocycles. The summed E-state index contributed by atoms with van der Waals surface area (Å²) in [5.41, 5.74) is -0.623. The number of Topliss-reactive ketones (excluding diaryl/α,β-unsaturated/α-hetero) is 2. The number of carbonyl (C=O) groups is 2. The molecule has 0 aliphatic heterocycles. The lowest BCUT2D eigenvalue weighted by Crippen LogP contribution is -2.48. The largest absolute Gasteiger partial charge is 0.297 e. The molecule has 0 saturated heterocycles. The van der Waals surface area contributed by atoms with Crippen LogP contribution in [0.1, 0.15) is 26.7 Å². The van der Waals surface area contributed by atoms with Crippen molar-refractivity contribution in [1.29, 1.82) is 0 Å². The van der Waals surface area contributed by atoms with E-state index in [9.17, 15) is 29.8 Å². The minimum Gasteiger partial charge on any atom is -0.297 e. The summed E-state index contributed by atoms with van der Waals surface area (Å²) in [6.45, 7) is 3.72. The average Bonchev–Trinajstić information content (AvgIpc) is 2.66. The van der Waals surface area contributed by atoms with Gasteiger partial charge >= 0.3 is 0 Å². The van der Waals surface area contributed by atoms with Gasteiger partial charge in [0.25, 0.3) is 11.4 Å². The van der Waals surface area contributed by atoms with Crippen LogP contribution in [0.3, 0.4) is 0 Å². The SMILES string of the molecule is CC1(C)CC(=O)C(Sc2ccc([N+](=O)[O-])cc2)(Sc2ccc([N+](=O)[O-])cc2)C(=O)C1. The van der Waals surface area contributed by atoms with Gasteiger partial charge in [0.1, 0.15) is 0 Å². The quantitative estimate of drug-likeness (QED) is 0.262. The molecule has 1 fully saturated rings. The van der Waals surface area contributed by atoms with E-state index in [1.807, 2.05) is 13.8 Å². The third-order valence-electron chi connectivity index (χ3n) is 4.63. The molecule has 1 aliphatic rings. The van der Waals surface area contributed by atoms with E-state index in [1.165, 1.54) is 48.5 Å². The van der Waals surface area contributed by atoms with Crippen LogP contribution >= 0.6 is 23.5 Å². The number of non-ortho nitro benzene ring substituents is 2. The lowest BCUT2D eigenvalue weighted by Gasteiger charge is -2.39. The fraction of sp³-hybridized carbons (Fsp3) is 0.300. The highest BCUT2D eigenvalue weighted by Crippen LogP contribution is 2.53. The Labute approximate surface area is 180 Å². The molecule has 156 valence electrons. The maximum absolute atomic E-state index is 13.2. The van der Waals surface area contributed by atoms with Crippen molar-refractivity contribution in [2.45, 2.75) is 40.6 Å². The van der Waals surface area contributed by atoms with E-state index in [0.29, 0.717) is 9.79 Å². The number of nitro benzene ring substituents is 2. The second kappa shape index (κ2) is 8.19. The first-order valence-electron chi connectivity index (χ1n) is 8.96. The summed E-state index contributed by atoms with van der Waals surface area (Å²) < 4.78 is -1.46. The lowest BCUT2D eigenvalue weighted by atomic mass is 9.76. The van der Waals surface area contributed by atoms with Crippen molar-refractivity contribution in [3.63, 3.8) is 0 Å². The fourth-order valence-corrected chi connectivity index (χ4v) is 5.87. The standard InChI is InChI=1S/C20H18N2O6S2/c1-19(2)11-17(23)20(18(24)12-19,29-15-7-3-13(4-8-15)21(25)26)30-16-9-5-14(6-10-16)22(27)28/h3-10H,11-12H2,1-2H3. The molecule has 10 heteroatoms. The molecule has 0 radical (unpaired) electrons. The summed E-state index contributed by atoms with van der Waals surface area (Å²) in [7, 11) is 0. The van der Waals surface area contributed by atoms with Gasteiger partial charge in [-0.3, -0.25) is 29.8 Å². The zero-order valence-corrected chi connectivity index (χ0v) is 17.8. The Bertz CT molecular complexity index is 937. The van der Waals surface area contributed by atoms with Gasteiger partial charge in [-0.2, -0.15) is 0 Å². The van der Waals surface area contributed by atoms with Gasteiger partial charge in [-0.15, -0.1) is 0 Å². The van der Waals surface area contributed by atoms with E-state index in [4.69, 9.17) is 0 Å². The third kappa shape index (κ3) is 4.54. The van der Waals surface area contributed by atoms with E-state index < -0.39 is 19.3 Å². The summed E-state index contributed by atoms with van der Waals surface area (Å²) in [5.74, 6) is -0.481. The first-order chi connectivity index (χ1) is 14.0. The second-order valence-corrected chi connectivity index (χ2v) is 10.5. The number of ketones is 2. The minimum absolute atomic E-state index is 0.0844. The molecule has 0 unspecified atom stereocenters. The van der Waals surface area contributed by atoms with Crippen molar-refractivity contribution in [2.24, 2.45) is 5.41 Å². The number of rotatable bonds is 6. The van der Waals surface area contributed by atoms with Crippen molar-refractivity contribution >= 4 is 46.5 Å². The summed E-state index contributed by atoms with van der Waals surface area (Å²) in [6, 6.07) is 11.4. The Morgan fingerprint density at radius 3 is 1.37 bits per heavy atom. The fourth-order valence-electron chi connectivity index (χ4n) is 3.17. The third-order valence-corrected chi connectivity index (χ3v) is 7.63. The maximum Gasteiger partial charge on any atom is 0.269 e. The summed E-state index contributed by atoms with van der Waals surface area (Å²) in [5, 5.41) is 21.8. The van der Waals surface area contributed by atoms with E-state index >= 15 is 0 Å². The molecule has 0 amide bonds. The first kappa shape index (κ1) is 22.0. The molecule has 8 nitrogen and oxygen atoms in total. The monoisotopic (exact) mass is 446 g/mol. The van der Waals surface area contributed by atoms with Crippen molar-refractivity contribution < 1.29 is 19.4 Å². The molecule has 30 heavy (non-hydrogen) atoms. The topological polar surface area (TPSA) is 120 Å². The highest BCUT2D eigenvalue weighted by Gasteiger charge is 2.53. The van der Waals surface area contributed by atoms with Crippen molar-refractivity contribution in [3.8, 4) is 0 Å². The van der Waals surface area contributed by atoms with Crippen LogP contribution in [0.25, 0.3) is 0 Å². The minimum atomic E-state index is -1.46. The summed E-state index contributed by atoms with van der Waals surface area (Å²) in [4.78, 5) is 48.3. The zero-order valence-electron chi connectivity index (χ0n) is 16.2. The van der Waals surface area contributed by atoms with Crippen LogP contribution in [0.4, 0.5) is 11.4 Å². The van der Waals surface area contributed by atoms with Gasteiger partial charge in [0.15, 0.2) is 15.6 Å². The lowest BCUT2D eigenvalue weighted by molar-refractivity contribution is -0.385. The highest BCUT2D eigenvalue weighted by atomic mass is 32.2. The van der Waals surface area contributed by atoms with Gasteiger partial charge < -0.3 is 0 Å². The number of benzene rings is 2. The molecule has 0 atom stereocenters. The van der Waals surface area contributed by atoms with Crippen LogP contribution < -0.4 is 0 Å². The summed E-state index contributed by atoms with van der Waals surface area (Å²) >= 11 is 2.12. The second-order valence-electron chi connectivity index (χ2n) is 7.69. The number of nitrogens with zero attached hydrogens (tertiary/aromatic N) is 2. The van der Waals surface area contributed by atoms with Gasteiger partial charge in [-0.05, 0) is 29.7 Å². The number of hydrogen-bond donors (Lipinski definition) is 0.